The SMILES string of the molecule is CCCCCCCCCCCCCC[n+]1cc(CCCC)cc(CCCC)c1. The molecule has 0 amide bonds. The standard InChI is InChI=1S/C27H50N/c1-4-7-10-11-12-13-14-15-16-17-18-19-22-28-24-26(20-8-5-2)23-27(25-28)21-9-6-3/h23-25H,4-22H2,1-3H3/q+1. The molecule has 0 aliphatic carbocycles. The molecule has 0 bridgehead atoms. The molecule has 0 fully saturated rings. The fourth-order valence-corrected chi connectivity index (χ4v) is 4.08. The molecule has 162 valence electrons. The average molecular weight is 389 g/mol. The number of hydrogen-bond acceptors (Lipinski definition) is 0. The van der Waals surface area contributed by atoms with Gasteiger partial charge in [0.2, 0.25) is 0 Å². The highest BCUT2D eigenvalue weighted by molar-refractivity contribution is 5.15. The molecule has 1 nitrogen and oxygen atoms in total. The highest BCUT2D eigenvalue weighted by Gasteiger charge is 2.08. The van der Waals surface area contributed by atoms with E-state index in [1.54, 1.807) is 11.1 Å². The van der Waals surface area contributed by atoms with Crippen LogP contribution in [0.3, 0.4) is 0 Å². The Morgan fingerprint density at radius 3 is 1.32 bits per heavy atom. The summed E-state index contributed by atoms with van der Waals surface area (Å²) in [7, 11) is 0. The van der Waals surface area contributed by atoms with Gasteiger partial charge in [-0.25, -0.2) is 4.57 Å². The summed E-state index contributed by atoms with van der Waals surface area (Å²) < 4.78 is 2.49. The smallest absolute Gasteiger partial charge is 0.171 e. The summed E-state index contributed by atoms with van der Waals surface area (Å²) in [6.07, 6.45) is 29.7. The van der Waals surface area contributed by atoms with Crippen LogP contribution in [-0.2, 0) is 19.4 Å². The first-order chi connectivity index (χ1) is 13.8. The van der Waals surface area contributed by atoms with E-state index in [2.05, 4.69) is 43.8 Å². The molecule has 0 spiro atoms. The zero-order valence-electron chi connectivity index (χ0n) is 19.6. The van der Waals surface area contributed by atoms with Crippen molar-refractivity contribution in [3.05, 3.63) is 29.6 Å². The van der Waals surface area contributed by atoms with Crippen LogP contribution in [0, 0.1) is 0 Å². The molecule has 28 heavy (non-hydrogen) atoms. The molecule has 0 aromatic carbocycles. The van der Waals surface area contributed by atoms with Crippen LogP contribution in [0.5, 0.6) is 0 Å². The van der Waals surface area contributed by atoms with Gasteiger partial charge in [0.25, 0.3) is 0 Å². The van der Waals surface area contributed by atoms with E-state index in [-0.39, 0.29) is 0 Å². The number of aromatic nitrogens is 1. The van der Waals surface area contributed by atoms with Gasteiger partial charge in [0, 0.05) is 17.5 Å². The van der Waals surface area contributed by atoms with Crippen molar-refractivity contribution in [1.29, 1.82) is 0 Å². The molecule has 0 aliphatic rings. The summed E-state index contributed by atoms with van der Waals surface area (Å²) in [6, 6.07) is 2.46. The largest absolute Gasteiger partial charge is 0.205 e. The molecule has 0 atom stereocenters. The predicted molar refractivity (Wildman–Crippen MR) is 125 cm³/mol. The summed E-state index contributed by atoms with van der Waals surface area (Å²) in [5, 5.41) is 0. The number of pyridine rings is 1. The lowest BCUT2D eigenvalue weighted by molar-refractivity contribution is -0.698. The van der Waals surface area contributed by atoms with Gasteiger partial charge in [-0.1, -0.05) is 97.8 Å². The molecule has 0 saturated heterocycles. The summed E-state index contributed by atoms with van der Waals surface area (Å²) in [5.41, 5.74) is 3.10. The van der Waals surface area contributed by atoms with E-state index in [4.69, 9.17) is 0 Å². The van der Waals surface area contributed by atoms with Gasteiger partial charge in [0.15, 0.2) is 12.4 Å². The number of aryl methyl sites for hydroxylation is 3. The summed E-state index contributed by atoms with van der Waals surface area (Å²) in [4.78, 5) is 0. The molecular weight excluding hydrogens is 338 g/mol. The van der Waals surface area contributed by atoms with E-state index in [1.807, 2.05) is 0 Å². The Balaban J connectivity index is 2.17. The minimum absolute atomic E-state index is 1.20. The molecule has 1 heterocycles. The maximum Gasteiger partial charge on any atom is 0.171 e. The van der Waals surface area contributed by atoms with Crippen molar-refractivity contribution in [2.75, 3.05) is 0 Å². The van der Waals surface area contributed by atoms with Crippen LogP contribution in [0.15, 0.2) is 18.5 Å². The zero-order valence-corrected chi connectivity index (χ0v) is 19.6. The average Bonchev–Trinajstić information content (AvgIpc) is 2.71. The normalized spacial score (nSPS) is 11.2. The van der Waals surface area contributed by atoms with Crippen LogP contribution in [0.25, 0.3) is 0 Å². The van der Waals surface area contributed by atoms with Crippen LogP contribution in [0.2, 0.25) is 0 Å². The van der Waals surface area contributed by atoms with Gasteiger partial charge in [-0.3, -0.25) is 0 Å². The third kappa shape index (κ3) is 13.3. The van der Waals surface area contributed by atoms with E-state index < -0.39 is 0 Å². The molecule has 0 aliphatic heterocycles. The number of nitrogens with zero attached hydrogens (tertiary/aromatic N) is 1. The molecule has 1 rings (SSSR count). The lowest BCUT2D eigenvalue weighted by Crippen LogP contribution is -2.34. The van der Waals surface area contributed by atoms with Gasteiger partial charge in [-0.15, -0.1) is 0 Å². The summed E-state index contributed by atoms with van der Waals surface area (Å²) in [6.45, 7) is 8.09. The molecule has 1 aromatic rings. The van der Waals surface area contributed by atoms with E-state index in [9.17, 15) is 0 Å². The van der Waals surface area contributed by atoms with Crippen molar-refractivity contribution in [2.24, 2.45) is 0 Å². The Kier molecular flexibility index (Phi) is 16.4. The molecular formula is C27H50N+. The van der Waals surface area contributed by atoms with Crippen molar-refractivity contribution < 1.29 is 4.57 Å². The van der Waals surface area contributed by atoms with Crippen LogP contribution in [0.4, 0.5) is 0 Å². The first-order valence-electron chi connectivity index (χ1n) is 12.8. The Hall–Kier alpha value is -0.850. The predicted octanol–water partition coefficient (Wildman–Crippen LogP) is 8.36. The van der Waals surface area contributed by atoms with Crippen molar-refractivity contribution >= 4 is 0 Å². The maximum atomic E-state index is 2.49. The van der Waals surface area contributed by atoms with Crippen molar-refractivity contribution in [2.45, 2.75) is 143 Å². The Labute approximate surface area is 177 Å². The molecule has 1 heteroatoms. The van der Waals surface area contributed by atoms with Crippen LogP contribution >= 0.6 is 0 Å². The third-order valence-corrected chi connectivity index (χ3v) is 5.94. The topological polar surface area (TPSA) is 3.88 Å². The van der Waals surface area contributed by atoms with Gasteiger partial charge in [-0.2, -0.15) is 0 Å². The number of hydrogen-bond donors (Lipinski definition) is 0. The third-order valence-electron chi connectivity index (χ3n) is 5.94. The second kappa shape index (κ2) is 18.2. The minimum Gasteiger partial charge on any atom is -0.205 e. The lowest BCUT2D eigenvalue weighted by atomic mass is 10.0. The van der Waals surface area contributed by atoms with Crippen molar-refractivity contribution in [3.8, 4) is 0 Å². The van der Waals surface area contributed by atoms with Crippen molar-refractivity contribution in [1.82, 2.24) is 0 Å². The van der Waals surface area contributed by atoms with Crippen LogP contribution < -0.4 is 4.57 Å². The lowest BCUT2D eigenvalue weighted by Gasteiger charge is -2.06. The number of unbranched alkanes of at least 4 members (excludes halogenated alkanes) is 13. The van der Waals surface area contributed by atoms with Gasteiger partial charge in [-0.05, 0) is 38.2 Å². The number of rotatable bonds is 19. The van der Waals surface area contributed by atoms with E-state index >= 15 is 0 Å². The van der Waals surface area contributed by atoms with Crippen molar-refractivity contribution in [3.63, 3.8) is 0 Å². The fraction of sp³-hybridized carbons (Fsp3) is 0.815. The summed E-state index contributed by atoms with van der Waals surface area (Å²) in [5.74, 6) is 0. The van der Waals surface area contributed by atoms with E-state index in [0.29, 0.717) is 0 Å². The molecule has 0 unspecified atom stereocenters. The minimum atomic E-state index is 1.20. The first-order valence-corrected chi connectivity index (χ1v) is 12.8. The Morgan fingerprint density at radius 2 is 0.893 bits per heavy atom. The quantitative estimate of drug-likeness (QED) is 0.165. The Bertz CT molecular complexity index is 439. The van der Waals surface area contributed by atoms with E-state index in [0.717, 1.165) is 0 Å². The van der Waals surface area contributed by atoms with Gasteiger partial charge in [0.1, 0.15) is 6.54 Å². The van der Waals surface area contributed by atoms with Gasteiger partial charge < -0.3 is 0 Å². The van der Waals surface area contributed by atoms with Crippen LogP contribution in [-0.4, -0.2) is 0 Å². The fourth-order valence-electron chi connectivity index (χ4n) is 4.08. The molecule has 0 saturated carbocycles. The second-order valence-corrected chi connectivity index (χ2v) is 8.89. The van der Waals surface area contributed by atoms with Gasteiger partial charge >= 0.3 is 0 Å². The highest BCUT2D eigenvalue weighted by atomic mass is 14.9. The monoisotopic (exact) mass is 388 g/mol. The van der Waals surface area contributed by atoms with Crippen LogP contribution in [0.1, 0.15) is 135 Å². The molecule has 1 aromatic heterocycles. The summed E-state index contributed by atoms with van der Waals surface area (Å²) >= 11 is 0. The first kappa shape index (κ1) is 25.2. The maximum absolute atomic E-state index is 2.49. The zero-order chi connectivity index (χ0) is 20.3. The molecule has 0 radical (unpaired) electrons. The second-order valence-electron chi connectivity index (χ2n) is 8.89. The molecule has 0 N–H and O–H groups in total. The Morgan fingerprint density at radius 1 is 0.500 bits per heavy atom. The van der Waals surface area contributed by atoms with Gasteiger partial charge in [0.05, 0.1) is 0 Å². The van der Waals surface area contributed by atoms with E-state index in [1.165, 1.54) is 122 Å². The highest BCUT2D eigenvalue weighted by Crippen LogP contribution is 2.12.